The summed E-state index contributed by atoms with van der Waals surface area (Å²) >= 11 is 1.58. The molecule has 0 spiro atoms. The van der Waals surface area contributed by atoms with Crippen molar-refractivity contribution < 1.29 is 9.59 Å². The summed E-state index contributed by atoms with van der Waals surface area (Å²) < 4.78 is 0. The topological polar surface area (TPSA) is 58.2 Å². The van der Waals surface area contributed by atoms with Crippen LogP contribution in [-0.2, 0) is 16.1 Å². The van der Waals surface area contributed by atoms with Crippen molar-refractivity contribution in [3.8, 4) is 0 Å². The average molecular weight is 266 g/mol. The molecule has 5 heteroatoms. The highest BCUT2D eigenvalue weighted by Gasteiger charge is 2.19. The molecule has 0 bridgehead atoms. The fourth-order valence-electron chi connectivity index (χ4n) is 2.15. The lowest BCUT2D eigenvalue weighted by atomic mass is 9.95. The van der Waals surface area contributed by atoms with Crippen LogP contribution in [0.15, 0.2) is 16.8 Å². The van der Waals surface area contributed by atoms with Crippen molar-refractivity contribution in [2.45, 2.75) is 44.7 Å². The molecule has 0 aromatic carbocycles. The smallest absolute Gasteiger partial charge is 0.309 e. The van der Waals surface area contributed by atoms with Crippen LogP contribution in [0.4, 0.5) is 0 Å². The van der Waals surface area contributed by atoms with E-state index < -0.39 is 11.8 Å². The molecule has 2 amide bonds. The van der Waals surface area contributed by atoms with Crippen molar-refractivity contribution in [1.82, 2.24) is 10.6 Å². The lowest BCUT2D eigenvalue weighted by Crippen LogP contribution is -2.44. The van der Waals surface area contributed by atoms with Crippen LogP contribution >= 0.6 is 11.3 Å². The second kappa shape index (κ2) is 6.54. The van der Waals surface area contributed by atoms with Crippen LogP contribution in [0.5, 0.6) is 0 Å². The van der Waals surface area contributed by atoms with Crippen molar-refractivity contribution in [1.29, 1.82) is 0 Å². The molecule has 1 fully saturated rings. The lowest BCUT2D eigenvalue weighted by molar-refractivity contribution is -0.139. The third-order valence-electron chi connectivity index (χ3n) is 3.18. The maximum Gasteiger partial charge on any atom is 0.309 e. The van der Waals surface area contributed by atoms with Crippen molar-refractivity contribution in [3.05, 3.63) is 22.4 Å². The molecule has 4 nitrogen and oxygen atoms in total. The van der Waals surface area contributed by atoms with Crippen LogP contribution in [0.2, 0.25) is 0 Å². The molecule has 1 aliphatic carbocycles. The Morgan fingerprint density at radius 1 is 1.22 bits per heavy atom. The van der Waals surface area contributed by atoms with Gasteiger partial charge in [0, 0.05) is 12.6 Å². The van der Waals surface area contributed by atoms with Gasteiger partial charge in [-0.1, -0.05) is 19.3 Å². The molecule has 2 N–H and O–H groups in total. The van der Waals surface area contributed by atoms with Crippen molar-refractivity contribution in [2.24, 2.45) is 0 Å². The molecule has 0 aliphatic heterocycles. The molecule has 1 aromatic rings. The highest BCUT2D eigenvalue weighted by molar-refractivity contribution is 7.07. The first kappa shape index (κ1) is 13.1. The first-order valence-corrected chi connectivity index (χ1v) is 7.30. The quantitative estimate of drug-likeness (QED) is 0.820. The van der Waals surface area contributed by atoms with Gasteiger partial charge in [0.25, 0.3) is 0 Å². The van der Waals surface area contributed by atoms with Crippen LogP contribution < -0.4 is 10.6 Å². The highest BCUT2D eigenvalue weighted by Crippen LogP contribution is 2.17. The fraction of sp³-hybridized carbons (Fsp3) is 0.538. The number of rotatable bonds is 3. The van der Waals surface area contributed by atoms with E-state index in [1.165, 1.54) is 6.42 Å². The Morgan fingerprint density at radius 2 is 2.00 bits per heavy atom. The number of hydrogen-bond acceptors (Lipinski definition) is 3. The summed E-state index contributed by atoms with van der Waals surface area (Å²) in [6.07, 6.45) is 5.49. The van der Waals surface area contributed by atoms with Gasteiger partial charge in [0.1, 0.15) is 0 Å². The molecule has 0 atom stereocenters. The Kier molecular flexibility index (Phi) is 4.75. The number of amides is 2. The van der Waals surface area contributed by atoms with Crippen LogP contribution in [-0.4, -0.2) is 17.9 Å². The van der Waals surface area contributed by atoms with Crippen LogP contribution in [0.1, 0.15) is 37.7 Å². The molecule has 0 unspecified atom stereocenters. The van der Waals surface area contributed by atoms with Crippen molar-refractivity contribution in [2.75, 3.05) is 0 Å². The Morgan fingerprint density at radius 3 is 2.67 bits per heavy atom. The van der Waals surface area contributed by atoms with Gasteiger partial charge in [-0.15, -0.1) is 0 Å². The Bertz CT molecular complexity index is 397. The molecular weight excluding hydrogens is 248 g/mol. The van der Waals surface area contributed by atoms with E-state index in [-0.39, 0.29) is 6.04 Å². The first-order valence-electron chi connectivity index (χ1n) is 6.35. The van der Waals surface area contributed by atoms with Gasteiger partial charge in [0.2, 0.25) is 0 Å². The van der Waals surface area contributed by atoms with E-state index in [1.807, 2.05) is 16.8 Å². The van der Waals surface area contributed by atoms with Crippen molar-refractivity contribution >= 4 is 23.2 Å². The van der Waals surface area contributed by atoms with Gasteiger partial charge in [-0.25, -0.2) is 0 Å². The van der Waals surface area contributed by atoms with Crippen LogP contribution in [0, 0.1) is 0 Å². The zero-order chi connectivity index (χ0) is 12.8. The van der Waals surface area contributed by atoms with Gasteiger partial charge < -0.3 is 10.6 Å². The summed E-state index contributed by atoms with van der Waals surface area (Å²) in [4.78, 5) is 23.2. The molecule has 1 aliphatic rings. The maximum atomic E-state index is 11.7. The predicted molar refractivity (Wildman–Crippen MR) is 71.2 cm³/mol. The second-order valence-corrected chi connectivity index (χ2v) is 5.40. The fourth-order valence-corrected chi connectivity index (χ4v) is 2.82. The summed E-state index contributed by atoms with van der Waals surface area (Å²) in [6, 6.07) is 2.11. The van der Waals surface area contributed by atoms with E-state index in [2.05, 4.69) is 10.6 Å². The number of hydrogen-bond donors (Lipinski definition) is 2. The predicted octanol–water partition coefficient (Wildman–Crippen LogP) is 1.81. The van der Waals surface area contributed by atoms with E-state index in [0.29, 0.717) is 6.54 Å². The summed E-state index contributed by atoms with van der Waals surface area (Å²) in [7, 11) is 0. The molecule has 98 valence electrons. The number of nitrogens with one attached hydrogen (secondary N) is 2. The summed E-state index contributed by atoms with van der Waals surface area (Å²) in [5.41, 5.74) is 1.03. The van der Waals surface area contributed by atoms with Gasteiger partial charge in [0.15, 0.2) is 0 Å². The van der Waals surface area contributed by atoms with E-state index in [4.69, 9.17) is 0 Å². The third-order valence-corrected chi connectivity index (χ3v) is 3.91. The zero-order valence-corrected chi connectivity index (χ0v) is 11.1. The standard InChI is InChI=1S/C13H18N2O2S/c16-12(14-8-10-6-7-18-9-10)13(17)15-11-4-2-1-3-5-11/h6-7,9,11H,1-5,8H2,(H,14,16)(H,15,17). The molecular formula is C13H18N2O2S. The first-order chi connectivity index (χ1) is 8.75. The van der Waals surface area contributed by atoms with Crippen molar-refractivity contribution in [3.63, 3.8) is 0 Å². The minimum atomic E-state index is -0.535. The molecule has 1 saturated carbocycles. The van der Waals surface area contributed by atoms with Gasteiger partial charge in [-0.05, 0) is 35.2 Å². The lowest BCUT2D eigenvalue weighted by Gasteiger charge is -2.22. The molecule has 1 heterocycles. The molecule has 0 radical (unpaired) electrons. The Labute approximate surface area is 111 Å². The Balaban J connectivity index is 1.72. The molecule has 0 saturated heterocycles. The molecule has 2 rings (SSSR count). The van der Waals surface area contributed by atoms with E-state index >= 15 is 0 Å². The maximum absolute atomic E-state index is 11.7. The third kappa shape index (κ3) is 3.84. The minimum Gasteiger partial charge on any atom is -0.345 e. The molecule has 18 heavy (non-hydrogen) atoms. The van der Waals surface area contributed by atoms with Gasteiger partial charge in [0.05, 0.1) is 0 Å². The van der Waals surface area contributed by atoms with Crippen LogP contribution in [0.25, 0.3) is 0 Å². The van der Waals surface area contributed by atoms with E-state index in [9.17, 15) is 9.59 Å². The molecule has 1 aromatic heterocycles. The largest absolute Gasteiger partial charge is 0.345 e. The normalized spacial score (nSPS) is 16.2. The zero-order valence-electron chi connectivity index (χ0n) is 10.3. The summed E-state index contributed by atoms with van der Waals surface area (Å²) in [5.74, 6) is -1.04. The Hall–Kier alpha value is -1.36. The van der Waals surface area contributed by atoms with Gasteiger partial charge in [-0.3, -0.25) is 9.59 Å². The van der Waals surface area contributed by atoms with Gasteiger partial charge >= 0.3 is 11.8 Å². The minimum absolute atomic E-state index is 0.179. The second-order valence-electron chi connectivity index (χ2n) is 4.62. The van der Waals surface area contributed by atoms with E-state index in [1.54, 1.807) is 11.3 Å². The number of carbonyl (C=O) groups is 2. The highest BCUT2D eigenvalue weighted by atomic mass is 32.1. The summed E-state index contributed by atoms with van der Waals surface area (Å²) in [6.45, 7) is 0.417. The monoisotopic (exact) mass is 266 g/mol. The van der Waals surface area contributed by atoms with Crippen LogP contribution in [0.3, 0.4) is 0 Å². The SMILES string of the molecule is O=C(NCc1ccsc1)C(=O)NC1CCCCC1. The average Bonchev–Trinajstić information content (AvgIpc) is 2.90. The van der Waals surface area contributed by atoms with E-state index in [0.717, 1.165) is 31.2 Å². The number of thiophene rings is 1. The number of carbonyl (C=O) groups excluding carboxylic acids is 2. The summed E-state index contributed by atoms with van der Waals surface area (Å²) in [5, 5.41) is 9.34. The van der Waals surface area contributed by atoms with Gasteiger partial charge in [-0.2, -0.15) is 11.3 Å².